The number of hydrogen-bond donors (Lipinski definition) is 3. The summed E-state index contributed by atoms with van der Waals surface area (Å²) >= 11 is 4.84. The molecule has 0 saturated carbocycles. The Balaban J connectivity index is 1.81. The fourth-order valence-electron chi connectivity index (χ4n) is 4.09. The smallest absolute Gasteiger partial charge is 0.338 e. The van der Waals surface area contributed by atoms with Crippen molar-refractivity contribution >= 4 is 39.1 Å². The van der Waals surface area contributed by atoms with Crippen LogP contribution in [0.5, 0.6) is 0 Å². The Morgan fingerprint density at radius 2 is 2.33 bits per heavy atom. The van der Waals surface area contributed by atoms with Gasteiger partial charge in [-0.1, -0.05) is 27.2 Å². The molecule has 3 unspecified atom stereocenters. The van der Waals surface area contributed by atoms with Crippen molar-refractivity contribution in [2.75, 3.05) is 32.9 Å². The van der Waals surface area contributed by atoms with E-state index in [1.165, 1.54) is 23.5 Å². The van der Waals surface area contributed by atoms with Crippen molar-refractivity contribution < 1.29 is 18.7 Å². The Morgan fingerprint density at radius 3 is 3.03 bits per heavy atom. The molecule has 3 atom stereocenters. The van der Waals surface area contributed by atoms with Crippen molar-refractivity contribution in [3.05, 3.63) is 61.9 Å². The van der Waals surface area contributed by atoms with Gasteiger partial charge >= 0.3 is 5.97 Å². The van der Waals surface area contributed by atoms with Gasteiger partial charge in [-0.05, 0) is 24.6 Å². The van der Waals surface area contributed by atoms with Crippen molar-refractivity contribution in [2.24, 2.45) is 26.9 Å². The fraction of sp³-hybridized carbons (Fsp3) is 0.409. The monoisotopic (exact) mass is 580 g/mol. The minimum atomic E-state index is -0.772. The number of carbonyl (C=O) groups is 1. The van der Waals surface area contributed by atoms with Gasteiger partial charge < -0.3 is 26.4 Å². The highest BCUT2D eigenvalue weighted by molar-refractivity contribution is 9.10. The predicted octanol–water partition coefficient (Wildman–Crippen LogP) is 2.26. The number of amidine groups is 1. The largest absolute Gasteiger partial charge is 0.463 e. The van der Waals surface area contributed by atoms with Crippen LogP contribution in [0.25, 0.3) is 0 Å². The van der Waals surface area contributed by atoms with Gasteiger partial charge in [-0.15, -0.1) is 11.3 Å². The van der Waals surface area contributed by atoms with E-state index < -0.39 is 24.0 Å². The fourth-order valence-corrected chi connectivity index (χ4v) is 5.25. The van der Waals surface area contributed by atoms with Gasteiger partial charge in [0.2, 0.25) is 0 Å². The average Bonchev–Trinajstić information content (AvgIpc) is 3.39. The summed E-state index contributed by atoms with van der Waals surface area (Å²) in [5.41, 5.74) is 7.68. The van der Waals surface area contributed by atoms with Gasteiger partial charge in [0, 0.05) is 34.8 Å². The van der Waals surface area contributed by atoms with Gasteiger partial charge in [-0.25, -0.2) is 14.2 Å². The quantitative estimate of drug-likeness (QED) is 0.186. The number of hydrogen-bond acceptors (Lipinski definition) is 11. The highest BCUT2D eigenvalue weighted by atomic mass is 79.9. The molecular formula is C22H26BrFN8O3S. The first-order valence-electron chi connectivity index (χ1n) is 11.2. The number of aromatic nitrogens is 1. The van der Waals surface area contributed by atoms with Gasteiger partial charge in [0.15, 0.2) is 10.8 Å². The number of thiazole rings is 1. The summed E-state index contributed by atoms with van der Waals surface area (Å²) < 4.78 is 25.4. The van der Waals surface area contributed by atoms with Crippen LogP contribution >= 0.6 is 27.3 Å². The zero-order valence-corrected chi connectivity index (χ0v) is 21.8. The lowest BCUT2D eigenvalue weighted by Gasteiger charge is -2.38. The van der Waals surface area contributed by atoms with E-state index in [1.807, 2.05) is 10.3 Å². The van der Waals surface area contributed by atoms with Crippen LogP contribution in [0.1, 0.15) is 23.5 Å². The third kappa shape index (κ3) is 5.78. The lowest BCUT2D eigenvalue weighted by Crippen LogP contribution is -2.55. The third-order valence-electron chi connectivity index (χ3n) is 5.75. The Bertz CT molecular complexity index is 1180. The van der Waals surface area contributed by atoms with Crippen molar-refractivity contribution in [3.63, 3.8) is 0 Å². The minimum Gasteiger partial charge on any atom is -0.463 e. The number of rotatable bonds is 8. The van der Waals surface area contributed by atoms with E-state index in [4.69, 9.17) is 26.0 Å². The maximum absolute atomic E-state index is 13.9. The van der Waals surface area contributed by atoms with Crippen LogP contribution < -0.4 is 16.9 Å². The van der Waals surface area contributed by atoms with Gasteiger partial charge in [-0.3, -0.25) is 9.89 Å². The summed E-state index contributed by atoms with van der Waals surface area (Å²) in [5, 5.41) is 13.0. The highest BCUT2D eigenvalue weighted by Gasteiger charge is 2.37. The molecule has 2 aliphatic heterocycles. The first-order valence-corrected chi connectivity index (χ1v) is 12.9. The number of nitrogens with one attached hydrogen (secondary N) is 1. The molecule has 14 heteroatoms. The predicted molar refractivity (Wildman–Crippen MR) is 135 cm³/mol. The Labute approximate surface area is 219 Å². The average molecular weight is 581 g/mol. The van der Waals surface area contributed by atoms with E-state index in [-0.39, 0.29) is 19.2 Å². The molecule has 11 nitrogen and oxygen atoms in total. The molecule has 0 spiro atoms. The summed E-state index contributed by atoms with van der Waals surface area (Å²) in [6, 6.07) is 3.17. The molecule has 192 valence electrons. The second-order valence-electron chi connectivity index (χ2n) is 7.96. The molecule has 4 rings (SSSR count). The normalized spacial score (nSPS) is 21.8. The van der Waals surface area contributed by atoms with Crippen LogP contribution in [-0.4, -0.2) is 66.8 Å². The molecule has 2 aliphatic rings. The number of nitrogens with zero attached hydrogens (tertiary/aromatic N) is 5. The zero-order chi connectivity index (χ0) is 25.7. The molecule has 36 heavy (non-hydrogen) atoms. The number of ether oxygens (including phenoxy) is 2. The topological polar surface area (TPSA) is 153 Å². The Kier molecular flexibility index (Phi) is 8.74. The number of esters is 1. The van der Waals surface area contributed by atoms with Crippen molar-refractivity contribution in [1.82, 2.24) is 15.2 Å². The van der Waals surface area contributed by atoms with Gasteiger partial charge in [0.05, 0.1) is 31.4 Å². The third-order valence-corrected chi connectivity index (χ3v) is 7.22. The molecule has 3 heterocycles. The highest BCUT2D eigenvalue weighted by Crippen LogP contribution is 2.37. The lowest BCUT2D eigenvalue weighted by atomic mass is 9.95. The summed E-state index contributed by atoms with van der Waals surface area (Å²) in [6.45, 7) is 3.53. The van der Waals surface area contributed by atoms with Crippen LogP contribution in [0.2, 0.25) is 0 Å². The van der Waals surface area contributed by atoms with Crippen molar-refractivity contribution in [1.29, 1.82) is 0 Å². The molecule has 5 N–H and O–H groups in total. The summed E-state index contributed by atoms with van der Waals surface area (Å²) in [7, 11) is 0. The molecule has 0 amide bonds. The van der Waals surface area contributed by atoms with Crippen LogP contribution in [-0.2, 0) is 14.3 Å². The van der Waals surface area contributed by atoms with E-state index >= 15 is 0 Å². The number of halogens is 2. The van der Waals surface area contributed by atoms with E-state index in [0.29, 0.717) is 51.9 Å². The first-order chi connectivity index (χ1) is 17.4. The molecular weight excluding hydrogens is 555 g/mol. The Morgan fingerprint density at radius 1 is 1.50 bits per heavy atom. The van der Waals surface area contributed by atoms with Crippen molar-refractivity contribution in [3.8, 4) is 0 Å². The number of aliphatic imine (C=N–C) groups is 1. The lowest BCUT2D eigenvalue weighted by molar-refractivity contribution is -0.139. The van der Waals surface area contributed by atoms with Gasteiger partial charge in [0.1, 0.15) is 18.0 Å². The van der Waals surface area contributed by atoms with E-state index in [2.05, 4.69) is 36.6 Å². The van der Waals surface area contributed by atoms with E-state index in [1.54, 1.807) is 19.2 Å². The number of carbonyl (C=O) groups excluding carboxylic acids is 1. The zero-order valence-electron chi connectivity index (χ0n) is 19.4. The molecule has 0 bridgehead atoms. The molecule has 1 aromatic carbocycles. The number of benzene rings is 1. The second-order valence-corrected chi connectivity index (χ2v) is 9.70. The second kappa shape index (κ2) is 12.0. The van der Waals surface area contributed by atoms with Crippen molar-refractivity contribution in [2.45, 2.75) is 25.2 Å². The molecule has 1 fully saturated rings. The maximum atomic E-state index is 13.9. The Hall–Kier alpha value is -2.78. The SMILES string of the molecule is CCOC(=O)C1=C(CN2CCOCC2C(N)/N=N\N)NC(c2nccs2)=NC1c1ccc(F)cc1Br. The molecule has 1 aromatic heterocycles. The number of morpholine rings is 1. The molecule has 1 saturated heterocycles. The van der Waals surface area contributed by atoms with Gasteiger partial charge in [-0.2, -0.15) is 5.11 Å². The van der Waals surface area contributed by atoms with Crippen LogP contribution in [0.3, 0.4) is 0 Å². The standard InChI is InChI=1S/C22H26BrFN8O3S/c1-2-35-22(33)17-15(10-32-6-7-34-11-16(32)19(25)30-31-26)28-20(21-27-5-8-36-21)29-18(17)13-4-3-12(24)9-14(13)23/h3-5,8-9,16,18-19H,2,6-7,10-11,25H2,1H3,(H2,26,30)(H,28,29). The van der Waals surface area contributed by atoms with Gasteiger partial charge in [0.25, 0.3) is 0 Å². The van der Waals surface area contributed by atoms with E-state index in [0.717, 1.165) is 0 Å². The summed E-state index contributed by atoms with van der Waals surface area (Å²) in [6.07, 6.45) is 0.950. The maximum Gasteiger partial charge on any atom is 0.338 e. The minimum absolute atomic E-state index is 0.178. The number of nitrogens with two attached hydrogens (primary N) is 2. The van der Waals surface area contributed by atoms with E-state index in [9.17, 15) is 9.18 Å². The first kappa shape index (κ1) is 26.3. The van der Waals surface area contributed by atoms with Crippen LogP contribution in [0.4, 0.5) is 4.39 Å². The van der Waals surface area contributed by atoms with Crippen LogP contribution in [0.15, 0.2) is 60.8 Å². The van der Waals surface area contributed by atoms with Crippen LogP contribution in [0, 0.1) is 5.82 Å². The molecule has 2 aromatic rings. The summed E-state index contributed by atoms with van der Waals surface area (Å²) in [5.74, 6) is 4.77. The molecule has 0 aliphatic carbocycles. The molecule has 0 radical (unpaired) electrons. The summed E-state index contributed by atoms with van der Waals surface area (Å²) in [4.78, 5) is 24.6.